The van der Waals surface area contributed by atoms with Crippen LogP contribution in [-0.4, -0.2) is 0 Å². The summed E-state index contributed by atoms with van der Waals surface area (Å²) in [6.45, 7) is 13.3. The van der Waals surface area contributed by atoms with E-state index < -0.39 is 0 Å². The highest BCUT2D eigenvalue weighted by Gasteiger charge is 2.10. The summed E-state index contributed by atoms with van der Waals surface area (Å²) in [6, 6.07) is 27.5. The Balaban J connectivity index is 1.62. The maximum absolute atomic E-state index is 2.41. The molecule has 0 fully saturated rings. The molecule has 0 radical (unpaired) electrons. The summed E-state index contributed by atoms with van der Waals surface area (Å²) < 4.78 is 0. The van der Waals surface area contributed by atoms with Gasteiger partial charge in [0.25, 0.3) is 0 Å². The van der Waals surface area contributed by atoms with Crippen LogP contribution in [0, 0.1) is 41.5 Å². The molecule has 168 valence electrons. The van der Waals surface area contributed by atoms with Crippen molar-refractivity contribution in [1.82, 2.24) is 0 Å². The molecule has 0 aliphatic rings. The first-order chi connectivity index (χ1) is 15.8. The second-order valence-corrected chi connectivity index (χ2v) is 9.98. The molecule has 0 spiro atoms. The smallest absolute Gasteiger partial charge is 0.00227 e. The van der Waals surface area contributed by atoms with Gasteiger partial charge in [-0.25, -0.2) is 0 Å². The van der Waals surface area contributed by atoms with E-state index in [1.807, 2.05) is 0 Å². The van der Waals surface area contributed by atoms with Gasteiger partial charge in [0.05, 0.1) is 0 Å². The summed E-state index contributed by atoms with van der Waals surface area (Å²) >= 11 is 0. The van der Waals surface area contributed by atoms with Gasteiger partial charge in [0, 0.05) is 0 Å². The van der Waals surface area contributed by atoms with E-state index in [1.165, 1.54) is 66.8 Å². The van der Waals surface area contributed by atoms with Crippen LogP contribution in [0.4, 0.5) is 0 Å². The van der Waals surface area contributed by atoms with Gasteiger partial charge < -0.3 is 0 Å². The van der Waals surface area contributed by atoms with Gasteiger partial charge in [-0.2, -0.15) is 0 Å². The fraction of sp³-hybridized carbons (Fsp3) is 0.273. The van der Waals surface area contributed by atoms with E-state index >= 15 is 0 Å². The van der Waals surface area contributed by atoms with Crippen molar-refractivity contribution in [2.24, 2.45) is 0 Å². The van der Waals surface area contributed by atoms with Crippen LogP contribution in [0.1, 0.15) is 66.8 Å². The zero-order valence-electron chi connectivity index (χ0n) is 21.0. The lowest BCUT2D eigenvalue weighted by molar-refractivity contribution is 1.06. The molecule has 0 aliphatic heterocycles. The van der Waals surface area contributed by atoms with Gasteiger partial charge in [0.2, 0.25) is 0 Å². The zero-order chi connectivity index (χ0) is 23.5. The van der Waals surface area contributed by atoms with E-state index in [9.17, 15) is 0 Å². The van der Waals surface area contributed by atoms with Gasteiger partial charge in [0.1, 0.15) is 0 Å². The normalized spacial score (nSPS) is 11.1. The molecule has 0 bridgehead atoms. The quantitative estimate of drug-likeness (QED) is 0.287. The molecule has 0 aromatic heterocycles. The third kappa shape index (κ3) is 5.82. The van der Waals surface area contributed by atoms with Crippen molar-refractivity contribution in [2.75, 3.05) is 0 Å². The van der Waals surface area contributed by atoms with Crippen molar-refractivity contribution < 1.29 is 0 Å². The molecule has 0 unspecified atom stereocenters. The SMILES string of the molecule is Cc1cccc(Cc2cc(C)cc(Cc3cc(C)cc(Cc4cc(C)ccc4C)c3)c2C)c1. The summed E-state index contributed by atoms with van der Waals surface area (Å²) in [7, 11) is 0. The number of aryl methyl sites for hydroxylation is 5. The lowest BCUT2D eigenvalue weighted by Gasteiger charge is -2.15. The third-order valence-corrected chi connectivity index (χ3v) is 6.73. The Kier molecular flexibility index (Phi) is 6.84. The van der Waals surface area contributed by atoms with E-state index in [1.54, 1.807) is 0 Å². The van der Waals surface area contributed by atoms with Crippen LogP contribution in [-0.2, 0) is 19.3 Å². The molecule has 0 amide bonds. The van der Waals surface area contributed by atoms with Crippen molar-refractivity contribution >= 4 is 0 Å². The Morgan fingerprint density at radius 2 is 0.939 bits per heavy atom. The van der Waals surface area contributed by atoms with Crippen molar-refractivity contribution in [3.63, 3.8) is 0 Å². The molecule has 0 saturated heterocycles. The Morgan fingerprint density at radius 1 is 0.424 bits per heavy atom. The molecule has 0 atom stereocenters. The van der Waals surface area contributed by atoms with Gasteiger partial charge in [-0.1, -0.05) is 95.1 Å². The maximum Gasteiger partial charge on any atom is -0.00227 e. The molecule has 4 aromatic carbocycles. The standard InChI is InChI=1S/C33H36/c1-22-8-7-9-28(12-22)19-32-16-25(4)17-33(27(32)6)21-30-14-24(3)13-29(18-30)20-31-15-23(2)10-11-26(31)5/h7-18H,19-21H2,1-6H3. The van der Waals surface area contributed by atoms with E-state index in [4.69, 9.17) is 0 Å². The molecule has 0 N–H and O–H groups in total. The Labute approximate surface area is 200 Å². The van der Waals surface area contributed by atoms with E-state index in [-0.39, 0.29) is 0 Å². The highest BCUT2D eigenvalue weighted by atomic mass is 14.1. The Hall–Kier alpha value is -3.12. The summed E-state index contributed by atoms with van der Waals surface area (Å²) in [5, 5.41) is 0. The van der Waals surface area contributed by atoms with Crippen LogP contribution in [0.25, 0.3) is 0 Å². The summed E-state index contributed by atoms with van der Waals surface area (Å²) in [6.07, 6.45) is 2.97. The second kappa shape index (κ2) is 9.79. The van der Waals surface area contributed by atoms with Crippen LogP contribution < -0.4 is 0 Å². The highest BCUT2D eigenvalue weighted by molar-refractivity contribution is 5.45. The van der Waals surface area contributed by atoms with Crippen LogP contribution >= 0.6 is 0 Å². The monoisotopic (exact) mass is 432 g/mol. The topological polar surface area (TPSA) is 0 Å². The Morgan fingerprint density at radius 3 is 1.61 bits per heavy atom. The van der Waals surface area contributed by atoms with Gasteiger partial charge in [-0.05, 0) is 105 Å². The molecule has 4 rings (SSSR count). The molecule has 0 saturated carbocycles. The fourth-order valence-corrected chi connectivity index (χ4v) is 5.01. The first-order valence-electron chi connectivity index (χ1n) is 12.1. The first kappa shape index (κ1) is 23.1. The van der Waals surface area contributed by atoms with Crippen molar-refractivity contribution in [3.8, 4) is 0 Å². The number of rotatable bonds is 6. The van der Waals surface area contributed by atoms with Gasteiger partial charge in [-0.3, -0.25) is 0 Å². The van der Waals surface area contributed by atoms with E-state index in [2.05, 4.69) is 114 Å². The molecule has 0 heteroatoms. The fourth-order valence-electron chi connectivity index (χ4n) is 5.01. The number of hydrogen-bond acceptors (Lipinski definition) is 0. The van der Waals surface area contributed by atoms with Gasteiger partial charge in [0.15, 0.2) is 0 Å². The Bertz CT molecular complexity index is 1290. The molecular formula is C33H36. The van der Waals surface area contributed by atoms with Crippen LogP contribution in [0.5, 0.6) is 0 Å². The summed E-state index contributed by atoms with van der Waals surface area (Å²) in [5.74, 6) is 0. The molecule has 0 aliphatic carbocycles. The van der Waals surface area contributed by atoms with Crippen LogP contribution in [0.3, 0.4) is 0 Å². The minimum atomic E-state index is 0.982. The molecular weight excluding hydrogens is 396 g/mol. The van der Waals surface area contributed by atoms with E-state index in [0.29, 0.717) is 0 Å². The highest BCUT2D eigenvalue weighted by Crippen LogP contribution is 2.25. The average molecular weight is 433 g/mol. The molecule has 0 heterocycles. The average Bonchev–Trinajstić information content (AvgIpc) is 2.74. The lowest BCUT2D eigenvalue weighted by atomic mass is 9.90. The largest absolute Gasteiger partial charge is 0.0617 e. The summed E-state index contributed by atoms with van der Waals surface area (Å²) in [4.78, 5) is 0. The summed E-state index contributed by atoms with van der Waals surface area (Å²) in [5.41, 5.74) is 16.7. The van der Waals surface area contributed by atoms with Crippen molar-refractivity contribution in [1.29, 1.82) is 0 Å². The minimum absolute atomic E-state index is 0.982. The van der Waals surface area contributed by atoms with Crippen molar-refractivity contribution in [3.05, 3.63) is 140 Å². The van der Waals surface area contributed by atoms with Gasteiger partial charge in [-0.15, -0.1) is 0 Å². The number of hydrogen-bond donors (Lipinski definition) is 0. The minimum Gasteiger partial charge on any atom is -0.0617 e. The number of benzene rings is 4. The molecule has 0 nitrogen and oxygen atoms in total. The third-order valence-electron chi connectivity index (χ3n) is 6.73. The first-order valence-corrected chi connectivity index (χ1v) is 12.1. The second-order valence-electron chi connectivity index (χ2n) is 9.98. The van der Waals surface area contributed by atoms with Crippen molar-refractivity contribution in [2.45, 2.75) is 60.8 Å². The predicted octanol–water partition coefficient (Wildman–Crippen LogP) is 8.31. The predicted molar refractivity (Wildman–Crippen MR) is 143 cm³/mol. The molecule has 33 heavy (non-hydrogen) atoms. The van der Waals surface area contributed by atoms with Gasteiger partial charge >= 0.3 is 0 Å². The lowest BCUT2D eigenvalue weighted by Crippen LogP contribution is -2.01. The maximum atomic E-state index is 2.41. The zero-order valence-corrected chi connectivity index (χ0v) is 21.0. The van der Waals surface area contributed by atoms with Crippen LogP contribution in [0.15, 0.2) is 72.8 Å². The van der Waals surface area contributed by atoms with Crippen LogP contribution in [0.2, 0.25) is 0 Å². The van der Waals surface area contributed by atoms with E-state index in [0.717, 1.165) is 19.3 Å². The molecule has 4 aromatic rings.